The summed E-state index contributed by atoms with van der Waals surface area (Å²) in [5.74, 6) is 0.854. The molecule has 1 aliphatic carbocycles. The van der Waals surface area contributed by atoms with Gasteiger partial charge in [-0.15, -0.1) is 0 Å². The van der Waals surface area contributed by atoms with E-state index in [0.29, 0.717) is 6.54 Å². The minimum atomic E-state index is 0.00817. The topological polar surface area (TPSA) is 41.1 Å². The van der Waals surface area contributed by atoms with Crippen molar-refractivity contribution in [2.75, 3.05) is 13.1 Å². The standard InChI is InChI=1S/C20H24N2O/c23-20(15-21-14-17-11-12-17)22-19(18-9-5-2-6-10-18)13-16-7-3-1-4-8-16/h1-10,17,19,21H,11-15H2,(H,22,23). The Morgan fingerprint density at radius 3 is 2.30 bits per heavy atom. The zero-order valence-electron chi connectivity index (χ0n) is 13.4. The fraction of sp³-hybridized carbons (Fsp3) is 0.350. The molecule has 0 saturated heterocycles. The molecule has 1 amide bonds. The maximum atomic E-state index is 12.2. The van der Waals surface area contributed by atoms with Gasteiger partial charge < -0.3 is 10.6 Å². The summed E-state index contributed by atoms with van der Waals surface area (Å²) < 4.78 is 0. The van der Waals surface area contributed by atoms with E-state index in [1.54, 1.807) is 0 Å². The molecule has 23 heavy (non-hydrogen) atoms. The Balaban J connectivity index is 1.61. The lowest BCUT2D eigenvalue weighted by atomic mass is 9.99. The predicted octanol–water partition coefficient (Wildman–Crippen LogP) is 3.09. The van der Waals surface area contributed by atoms with Gasteiger partial charge in [-0.3, -0.25) is 4.79 Å². The number of nitrogens with one attached hydrogen (secondary N) is 2. The summed E-state index contributed by atoms with van der Waals surface area (Å²) in [4.78, 5) is 12.2. The van der Waals surface area contributed by atoms with Gasteiger partial charge in [-0.25, -0.2) is 0 Å². The van der Waals surface area contributed by atoms with Crippen molar-refractivity contribution in [2.45, 2.75) is 25.3 Å². The highest BCUT2D eigenvalue weighted by Gasteiger charge is 2.21. The first-order valence-electron chi connectivity index (χ1n) is 8.40. The van der Waals surface area contributed by atoms with Gasteiger partial charge in [-0.1, -0.05) is 60.7 Å². The molecule has 0 radical (unpaired) electrons. The van der Waals surface area contributed by atoms with Crippen LogP contribution in [0.3, 0.4) is 0 Å². The summed E-state index contributed by atoms with van der Waals surface area (Å²) in [5.41, 5.74) is 2.37. The van der Waals surface area contributed by atoms with E-state index >= 15 is 0 Å². The van der Waals surface area contributed by atoms with E-state index in [1.807, 2.05) is 36.4 Å². The number of amides is 1. The molecule has 1 saturated carbocycles. The highest BCUT2D eigenvalue weighted by atomic mass is 16.1. The number of hydrogen-bond acceptors (Lipinski definition) is 2. The first-order chi connectivity index (χ1) is 11.3. The van der Waals surface area contributed by atoms with E-state index in [0.717, 1.165) is 24.4 Å². The van der Waals surface area contributed by atoms with Crippen molar-refractivity contribution in [3.05, 3.63) is 71.8 Å². The lowest BCUT2D eigenvalue weighted by Gasteiger charge is -2.20. The highest BCUT2D eigenvalue weighted by molar-refractivity contribution is 5.78. The molecular formula is C20H24N2O. The van der Waals surface area contributed by atoms with Crippen LogP contribution in [0.25, 0.3) is 0 Å². The van der Waals surface area contributed by atoms with Gasteiger partial charge >= 0.3 is 0 Å². The van der Waals surface area contributed by atoms with Crippen LogP contribution in [-0.2, 0) is 11.2 Å². The van der Waals surface area contributed by atoms with E-state index in [2.05, 4.69) is 34.9 Å². The fourth-order valence-corrected chi connectivity index (χ4v) is 2.74. The van der Waals surface area contributed by atoms with Gasteiger partial charge in [0.15, 0.2) is 0 Å². The molecule has 0 spiro atoms. The van der Waals surface area contributed by atoms with Crippen molar-refractivity contribution in [2.24, 2.45) is 5.92 Å². The fourth-order valence-electron chi connectivity index (χ4n) is 2.74. The van der Waals surface area contributed by atoms with Gasteiger partial charge in [0.25, 0.3) is 0 Å². The second-order valence-electron chi connectivity index (χ2n) is 6.29. The van der Waals surface area contributed by atoms with Gasteiger partial charge in [0.2, 0.25) is 5.91 Å². The molecule has 1 atom stereocenters. The molecule has 3 heteroatoms. The Kier molecular flexibility index (Phi) is 5.43. The van der Waals surface area contributed by atoms with Crippen LogP contribution in [0.2, 0.25) is 0 Å². The summed E-state index contributed by atoms with van der Waals surface area (Å²) in [7, 11) is 0. The average molecular weight is 308 g/mol. The second kappa shape index (κ2) is 7.93. The van der Waals surface area contributed by atoms with Gasteiger partial charge in [0, 0.05) is 0 Å². The SMILES string of the molecule is O=C(CNCC1CC1)NC(Cc1ccccc1)c1ccccc1. The predicted molar refractivity (Wildman–Crippen MR) is 93.1 cm³/mol. The van der Waals surface area contributed by atoms with Crippen LogP contribution in [0.5, 0.6) is 0 Å². The Labute approximate surface area is 138 Å². The first-order valence-corrected chi connectivity index (χ1v) is 8.40. The Morgan fingerprint density at radius 1 is 1.00 bits per heavy atom. The molecule has 0 bridgehead atoms. The largest absolute Gasteiger partial charge is 0.348 e. The third-order valence-corrected chi connectivity index (χ3v) is 4.24. The van der Waals surface area contributed by atoms with Gasteiger partial charge in [-0.05, 0) is 42.9 Å². The number of carbonyl (C=O) groups is 1. The Bertz CT molecular complexity index is 608. The Morgan fingerprint density at radius 2 is 1.65 bits per heavy atom. The maximum Gasteiger partial charge on any atom is 0.234 e. The van der Waals surface area contributed by atoms with Crippen molar-refractivity contribution >= 4 is 5.91 Å². The van der Waals surface area contributed by atoms with Crippen LogP contribution in [0, 0.1) is 5.92 Å². The average Bonchev–Trinajstić information content (AvgIpc) is 3.40. The molecule has 0 aromatic heterocycles. The van der Waals surface area contributed by atoms with E-state index in [-0.39, 0.29) is 11.9 Å². The van der Waals surface area contributed by atoms with E-state index in [4.69, 9.17) is 0 Å². The van der Waals surface area contributed by atoms with Crippen molar-refractivity contribution in [1.82, 2.24) is 10.6 Å². The molecule has 2 N–H and O–H groups in total. The van der Waals surface area contributed by atoms with Crippen LogP contribution < -0.4 is 10.6 Å². The lowest BCUT2D eigenvalue weighted by Crippen LogP contribution is -2.37. The van der Waals surface area contributed by atoms with Crippen molar-refractivity contribution in [1.29, 1.82) is 0 Å². The second-order valence-corrected chi connectivity index (χ2v) is 6.29. The van der Waals surface area contributed by atoms with E-state index in [9.17, 15) is 4.79 Å². The third-order valence-electron chi connectivity index (χ3n) is 4.24. The summed E-state index contributed by atoms with van der Waals surface area (Å²) in [6.07, 6.45) is 3.41. The molecule has 2 aromatic rings. The van der Waals surface area contributed by atoms with Gasteiger partial charge in [0.1, 0.15) is 0 Å². The number of rotatable bonds is 8. The quantitative estimate of drug-likeness (QED) is 0.787. The minimum absolute atomic E-state index is 0.00817. The molecule has 1 aliphatic rings. The molecule has 3 nitrogen and oxygen atoms in total. The molecular weight excluding hydrogens is 284 g/mol. The highest BCUT2D eigenvalue weighted by Crippen LogP contribution is 2.27. The number of benzene rings is 2. The monoisotopic (exact) mass is 308 g/mol. The van der Waals surface area contributed by atoms with Crippen molar-refractivity contribution < 1.29 is 4.79 Å². The molecule has 0 heterocycles. The molecule has 120 valence electrons. The molecule has 0 aliphatic heterocycles. The molecule has 1 unspecified atom stereocenters. The summed E-state index contributed by atoms with van der Waals surface area (Å²) >= 11 is 0. The normalized spacial score (nSPS) is 15.1. The molecule has 1 fully saturated rings. The summed E-state index contributed by atoms with van der Waals surface area (Å²) in [6, 6.07) is 20.5. The first kappa shape index (κ1) is 15.8. The van der Waals surface area contributed by atoms with Crippen molar-refractivity contribution in [3.63, 3.8) is 0 Å². The van der Waals surface area contributed by atoms with Crippen LogP contribution >= 0.6 is 0 Å². The number of carbonyl (C=O) groups excluding carboxylic acids is 1. The van der Waals surface area contributed by atoms with Crippen molar-refractivity contribution in [3.8, 4) is 0 Å². The lowest BCUT2D eigenvalue weighted by molar-refractivity contribution is -0.121. The zero-order valence-corrected chi connectivity index (χ0v) is 13.4. The van der Waals surface area contributed by atoms with E-state index < -0.39 is 0 Å². The summed E-state index contributed by atoms with van der Waals surface area (Å²) in [5, 5.41) is 6.43. The smallest absolute Gasteiger partial charge is 0.234 e. The van der Waals surface area contributed by atoms with Gasteiger partial charge in [0.05, 0.1) is 12.6 Å². The maximum absolute atomic E-state index is 12.2. The van der Waals surface area contributed by atoms with Crippen LogP contribution in [0.1, 0.15) is 30.0 Å². The van der Waals surface area contributed by atoms with E-state index in [1.165, 1.54) is 18.4 Å². The molecule has 3 rings (SSSR count). The Hall–Kier alpha value is -2.13. The number of hydrogen-bond donors (Lipinski definition) is 2. The van der Waals surface area contributed by atoms with Crippen LogP contribution in [-0.4, -0.2) is 19.0 Å². The van der Waals surface area contributed by atoms with Gasteiger partial charge in [-0.2, -0.15) is 0 Å². The zero-order chi connectivity index (χ0) is 15.9. The summed E-state index contributed by atoms with van der Waals surface area (Å²) in [6.45, 7) is 1.36. The molecule has 2 aromatic carbocycles. The third kappa shape index (κ3) is 5.22. The van der Waals surface area contributed by atoms with Crippen LogP contribution in [0.15, 0.2) is 60.7 Å². The van der Waals surface area contributed by atoms with Crippen LogP contribution in [0.4, 0.5) is 0 Å². The minimum Gasteiger partial charge on any atom is -0.348 e.